The van der Waals surface area contributed by atoms with Crippen LogP contribution in [0.2, 0.25) is 0 Å². The Labute approximate surface area is 114 Å². The van der Waals surface area contributed by atoms with Gasteiger partial charge in [0, 0.05) is 18.1 Å². The normalized spacial score (nSPS) is 32.7. The Balaban J connectivity index is 1.82. The maximum atomic E-state index is 3.89. The van der Waals surface area contributed by atoms with E-state index in [4.69, 9.17) is 0 Å². The van der Waals surface area contributed by atoms with Crippen LogP contribution >= 0.6 is 0 Å². The van der Waals surface area contributed by atoms with E-state index in [9.17, 15) is 0 Å². The summed E-state index contributed by atoms with van der Waals surface area (Å²) < 4.78 is 0. The molecule has 0 bridgehead atoms. The Hall–Kier alpha value is -0.0800. The Morgan fingerprint density at radius 2 is 1.61 bits per heavy atom. The highest BCUT2D eigenvalue weighted by Gasteiger charge is 2.34. The van der Waals surface area contributed by atoms with Gasteiger partial charge in [-0.15, -0.1) is 0 Å². The topological polar surface area (TPSA) is 15.3 Å². The number of hydrogen-bond donors (Lipinski definition) is 1. The average molecular weight is 252 g/mol. The third kappa shape index (κ3) is 3.48. The summed E-state index contributed by atoms with van der Waals surface area (Å²) in [5.41, 5.74) is 0.446. The van der Waals surface area contributed by atoms with Crippen LogP contribution in [0.3, 0.4) is 0 Å². The fourth-order valence-electron chi connectivity index (χ4n) is 3.79. The van der Waals surface area contributed by atoms with E-state index in [1.165, 1.54) is 64.3 Å². The van der Waals surface area contributed by atoms with E-state index in [-0.39, 0.29) is 0 Å². The van der Waals surface area contributed by atoms with E-state index in [0.29, 0.717) is 5.54 Å². The summed E-state index contributed by atoms with van der Waals surface area (Å²) in [4.78, 5) is 2.49. The zero-order valence-electron chi connectivity index (χ0n) is 12.7. The molecule has 0 aromatic carbocycles. The van der Waals surface area contributed by atoms with Crippen LogP contribution in [0.4, 0.5) is 0 Å². The Bertz CT molecular complexity index is 235. The molecule has 2 rings (SSSR count). The van der Waals surface area contributed by atoms with Gasteiger partial charge in [-0.25, -0.2) is 0 Å². The van der Waals surface area contributed by atoms with Gasteiger partial charge in [-0.2, -0.15) is 0 Å². The molecule has 0 heterocycles. The number of rotatable bonds is 4. The Morgan fingerprint density at radius 1 is 1.00 bits per heavy atom. The molecule has 2 aliphatic carbocycles. The van der Waals surface area contributed by atoms with Crippen LogP contribution in [0.1, 0.15) is 64.7 Å². The van der Waals surface area contributed by atoms with Crippen LogP contribution in [0.25, 0.3) is 0 Å². The molecule has 2 nitrogen and oxygen atoms in total. The van der Waals surface area contributed by atoms with Crippen molar-refractivity contribution in [2.24, 2.45) is 5.92 Å². The molecule has 0 saturated heterocycles. The largest absolute Gasteiger partial charge is 0.312 e. The summed E-state index contributed by atoms with van der Waals surface area (Å²) in [5.74, 6) is 0.959. The first kappa shape index (κ1) is 14.3. The van der Waals surface area contributed by atoms with Gasteiger partial charge in [-0.05, 0) is 58.5 Å². The van der Waals surface area contributed by atoms with Crippen LogP contribution in [0.15, 0.2) is 0 Å². The maximum absolute atomic E-state index is 3.89. The lowest BCUT2D eigenvalue weighted by Crippen LogP contribution is -2.54. The number of likely N-dealkylation sites (N-methyl/N-ethyl adjacent to an activating group) is 1. The number of nitrogens with zero attached hydrogens (tertiary/aromatic N) is 1. The maximum Gasteiger partial charge on any atom is 0.0327 e. The van der Waals surface area contributed by atoms with E-state index in [2.05, 4.69) is 31.2 Å². The van der Waals surface area contributed by atoms with Gasteiger partial charge in [0.15, 0.2) is 0 Å². The molecule has 0 aromatic heterocycles. The van der Waals surface area contributed by atoms with E-state index in [1.54, 1.807) is 0 Å². The Kier molecular flexibility index (Phi) is 5.08. The van der Waals surface area contributed by atoms with Gasteiger partial charge >= 0.3 is 0 Å². The highest BCUT2D eigenvalue weighted by molar-refractivity contribution is 4.93. The van der Waals surface area contributed by atoms with Crippen LogP contribution in [-0.2, 0) is 0 Å². The third-order valence-corrected chi connectivity index (χ3v) is 5.47. The molecule has 18 heavy (non-hydrogen) atoms. The molecule has 2 saturated carbocycles. The van der Waals surface area contributed by atoms with Crippen molar-refractivity contribution in [2.75, 3.05) is 20.6 Å². The summed E-state index contributed by atoms with van der Waals surface area (Å²) in [5, 5.41) is 3.89. The van der Waals surface area contributed by atoms with Crippen molar-refractivity contribution in [2.45, 2.75) is 76.3 Å². The molecule has 0 spiro atoms. The number of nitrogens with one attached hydrogen (secondary N) is 1. The summed E-state index contributed by atoms with van der Waals surface area (Å²) in [6.45, 7) is 3.61. The molecule has 0 amide bonds. The van der Waals surface area contributed by atoms with E-state index in [0.717, 1.165) is 12.0 Å². The predicted molar refractivity (Wildman–Crippen MR) is 78.9 cm³/mol. The number of hydrogen-bond acceptors (Lipinski definition) is 2. The van der Waals surface area contributed by atoms with E-state index in [1.807, 2.05) is 0 Å². The average Bonchev–Trinajstić information content (AvgIpc) is 2.39. The van der Waals surface area contributed by atoms with Gasteiger partial charge in [-0.1, -0.05) is 26.2 Å². The van der Waals surface area contributed by atoms with Gasteiger partial charge in [0.2, 0.25) is 0 Å². The van der Waals surface area contributed by atoms with Crippen molar-refractivity contribution >= 4 is 0 Å². The van der Waals surface area contributed by atoms with Crippen molar-refractivity contribution < 1.29 is 0 Å². The molecule has 0 aromatic rings. The predicted octanol–water partition coefficient (Wildman–Crippen LogP) is 3.42. The molecular formula is C16H32N2. The van der Waals surface area contributed by atoms with Gasteiger partial charge < -0.3 is 10.2 Å². The van der Waals surface area contributed by atoms with Crippen LogP contribution in [0, 0.1) is 5.92 Å². The molecule has 1 N–H and O–H groups in total. The van der Waals surface area contributed by atoms with Gasteiger partial charge in [0.1, 0.15) is 0 Å². The quantitative estimate of drug-likeness (QED) is 0.825. The minimum absolute atomic E-state index is 0.446. The second-order valence-electron chi connectivity index (χ2n) is 7.02. The standard InChI is InChI=1S/C16H32N2/c1-14-7-9-15(10-8-14)17-13-16(18(2)3)11-5-4-6-12-16/h14-15,17H,4-13H2,1-3H3. The fourth-order valence-corrected chi connectivity index (χ4v) is 3.79. The van der Waals surface area contributed by atoms with Gasteiger partial charge in [0.05, 0.1) is 0 Å². The van der Waals surface area contributed by atoms with Gasteiger partial charge in [-0.3, -0.25) is 0 Å². The van der Waals surface area contributed by atoms with E-state index >= 15 is 0 Å². The molecule has 2 fully saturated rings. The molecule has 2 heteroatoms. The SMILES string of the molecule is CC1CCC(NCC2(N(C)C)CCCCC2)CC1. The molecular weight excluding hydrogens is 220 g/mol. The lowest BCUT2D eigenvalue weighted by atomic mass is 9.80. The fraction of sp³-hybridized carbons (Fsp3) is 1.00. The summed E-state index contributed by atoms with van der Waals surface area (Å²) in [6.07, 6.45) is 12.7. The third-order valence-electron chi connectivity index (χ3n) is 5.47. The molecule has 2 aliphatic rings. The molecule has 0 atom stereocenters. The first-order valence-corrected chi connectivity index (χ1v) is 8.03. The van der Waals surface area contributed by atoms with Crippen LogP contribution in [0.5, 0.6) is 0 Å². The summed E-state index contributed by atoms with van der Waals surface area (Å²) in [6, 6.07) is 0.792. The second-order valence-corrected chi connectivity index (χ2v) is 7.02. The molecule has 0 radical (unpaired) electrons. The van der Waals surface area contributed by atoms with Crippen molar-refractivity contribution in [3.63, 3.8) is 0 Å². The molecule has 0 aliphatic heterocycles. The zero-order valence-corrected chi connectivity index (χ0v) is 12.7. The first-order chi connectivity index (χ1) is 8.62. The second kappa shape index (κ2) is 6.38. The smallest absolute Gasteiger partial charge is 0.0327 e. The highest BCUT2D eigenvalue weighted by Crippen LogP contribution is 2.32. The van der Waals surface area contributed by atoms with Crippen molar-refractivity contribution in [1.82, 2.24) is 10.2 Å². The minimum Gasteiger partial charge on any atom is -0.312 e. The lowest BCUT2D eigenvalue weighted by molar-refractivity contribution is 0.0921. The van der Waals surface area contributed by atoms with Crippen molar-refractivity contribution in [1.29, 1.82) is 0 Å². The van der Waals surface area contributed by atoms with Crippen molar-refractivity contribution in [3.05, 3.63) is 0 Å². The summed E-state index contributed by atoms with van der Waals surface area (Å²) in [7, 11) is 4.55. The first-order valence-electron chi connectivity index (χ1n) is 8.03. The van der Waals surface area contributed by atoms with Gasteiger partial charge in [0.25, 0.3) is 0 Å². The Morgan fingerprint density at radius 3 is 2.17 bits per heavy atom. The van der Waals surface area contributed by atoms with Crippen molar-refractivity contribution in [3.8, 4) is 0 Å². The summed E-state index contributed by atoms with van der Waals surface area (Å²) >= 11 is 0. The zero-order chi connectivity index (χ0) is 13.0. The molecule has 106 valence electrons. The monoisotopic (exact) mass is 252 g/mol. The lowest BCUT2D eigenvalue weighted by Gasteiger charge is -2.44. The molecule has 0 unspecified atom stereocenters. The van der Waals surface area contributed by atoms with Crippen LogP contribution in [-0.4, -0.2) is 37.1 Å². The van der Waals surface area contributed by atoms with Crippen LogP contribution < -0.4 is 5.32 Å². The van der Waals surface area contributed by atoms with E-state index < -0.39 is 0 Å². The minimum atomic E-state index is 0.446. The highest BCUT2D eigenvalue weighted by atomic mass is 15.2.